The fourth-order valence-electron chi connectivity index (χ4n) is 3.25. The lowest BCUT2D eigenvalue weighted by Gasteiger charge is -2.20. The number of nitrogens with zero attached hydrogens (tertiary/aromatic N) is 2. The van der Waals surface area contributed by atoms with E-state index in [4.69, 9.17) is 28.8 Å². The SMILES string of the molecule is S=C(Nc1cccc(Cl)c1)N1CCSC1=N/C1=C/CCCC/C=C/CCCC1. The number of hydrogen-bond donors (Lipinski definition) is 1. The summed E-state index contributed by atoms with van der Waals surface area (Å²) in [5.74, 6) is 1.01. The van der Waals surface area contributed by atoms with E-state index in [1.807, 2.05) is 24.3 Å². The molecular formula is C22H28ClN3S2. The Hall–Kier alpha value is -1.30. The Morgan fingerprint density at radius 1 is 1.11 bits per heavy atom. The van der Waals surface area contributed by atoms with Crippen LogP contribution in [-0.4, -0.2) is 27.5 Å². The van der Waals surface area contributed by atoms with Gasteiger partial charge in [-0.25, -0.2) is 4.99 Å². The van der Waals surface area contributed by atoms with E-state index in [0.29, 0.717) is 10.1 Å². The van der Waals surface area contributed by atoms with Gasteiger partial charge in [-0.2, -0.15) is 0 Å². The number of nitrogens with one attached hydrogen (secondary N) is 1. The van der Waals surface area contributed by atoms with E-state index in [2.05, 4.69) is 28.4 Å². The predicted octanol–water partition coefficient (Wildman–Crippen LogP) is 7.02. The summed E-state index contributed by atoms with van der Waals surface area (Å²) in [6.45, 7) is 0.883. The van der Waals surface area contributed by atoms with Crippen LogP contribution in [0.25, 0.3) is 0 Å². The van der Waals surface area contributed by atoms with Gasteiger partial charge >= 0.3 is 0 Å². The van der Waals surface area contributed by atoms with Gasteiger partial charge in [0.2, 0.25) is 0 Å². The molecule has 0 radical (unpaired) electrons. The molecule has 2 aliphatic rings. The highest BCUT2D eigenvalue weighted by Gasteiger charge is 2.23. The minimum absolute atomic E-state index is 0.685. The highest BCUT2D eigenvalue weighted by Crippen LogP contribution is 2.24. The zero-order chi connectivity index (χ0) is 19.6. The Bertz CT molecular complexity index is 758. The largest absolute Gasteiger partial charge is 0.332 e. The molecule has 0 atom stereocenters. The monoisotopic (exact) mass is 433 g/mol. The first-order chi connectivity index (χ1) is 13.7. The molecule has 0 unspecified atom stereocenters. The molecule has 28 heavy (non-hydrogen) atoms. The Labute approximate surface area is 183 Å². The smallest absolute Gasteiger partial charge is 0.179 e. The number of thiocarbonyl (C=S) groups is 1. The van der Waals surface area contributed by atoms with Crippen LogP contribution in [0, 0.1) is 0 Å². The van der Waals surface area contributed by atoms with Crippen molar-refractivity contribution < 1.29 is 0 Å². The molecule has 1 aliphatic carbocycles. The van der Waals surface area contributed by atoms with Gasteiger partial charge in [-0.05, 0) is 81.8 Å². The maximum absolute atomic E-state index is 6.08. The van der Waals surface area contributed by atoms with Gasteiger partial charge in [-0.1, -0.05) is 47.7 Å². The van der Waals surface area contributed by atoms with E-state index in [1.54, 1.807) is 11.8 Å². The summed E-state index contributed by atoms with van der Waals surface area (Å²) in [6, 6.07) is 7.64. The van der Waals surface area contributed by atoms with Crippen LogP contribution in [0.2, 0.25) is 5.02 Å². The molecule has 6 heteroatoms. The number of amidine groups is 1. The zero-order valence-electron chi connectivity index (χ0n) is 16.2. The first-order valence-corrected chi connectivity index (χ1v) is 11.9. The van der Waals surface area contributed by atoms with E-state index >= 15 is 0 Å². The highest BCUT2D eigenvalue weighted by molar-refractivity contribution is 8.14. The maximum Gasteiger partial charge on any atom is 0.179 e. The standard InChI is InChI=1S/C22H28ClN3S2/c23-18-11-10-14-20(17-18)24-21(27)26-15-16-28-22(26)25-19-12-8-6-4-2-1-3-5-7-9-13-19/h1-2,10-11,13-14,17H,3-9,12,15-16H2,(H,24,27)/b2-1+,19-13+,25-22?. The van der Waals surface area contributed by atoms with E-state index in [9.17, 15) is 0 Å². The summed E-state index contributed by atoms with van der Waals surface area (Å²) in [5.41, 5.74) is 2.12. The summed E-state index contributed by atoms with van der Waals surface area (Å²) in [4.78, 5) is 7.13. The molecule has 1 N–H and O–H groups in total. The van der Waals surface area contributed by atoms with Crippen LogP contribution in [0.4, 0.5) is 5.69 Å². The van der Waals surface area contributed by atoms with Gasteiger partial charge < -0.3 is 5.32 Å². The molecule has 0 bridgehead atoms. The van der Waals surface area contributed by atoms with Crippen LogP contribution < -0.4 is 5.32 Å². The molecule has 1 fully saturated rings. The lowest BCUT2D eigenvalue weighted by molar-refractivity contribution is 0.679. The van der Waals surface area contributed by atoms with Crippen LogP contribution in [0.3, 0.4) is 0 Å². The summed E-state index contributed by atoms with van der Waals surface area (Å²) < 4.78 is 0. The molecule has 1 saturated heterocycles. The molecule has 0 amide bonds. The first-order valence-electron chi connectivity index (χ1n) is 10.1. The highest BCUT2D eigenvalue weighted by atomic mass is 35.5. The number of halogens is 1. The number of allylic oxidation sites excluding steroid dienone is 4. The fourth-order valence-corrected chi connectivity index (χ4v) is 4.77. The third kappa shape index (κ3) is 6.94. The summed E-state index contributed by atoms with van der Waals surface area (Å²) in [5, 5.41) is 5.70. The third-order valence-corrected chi connectivity index (χ3v) is 6.28. The molecular weight excluding hydrogens is 406 g/mol. The number of rotatable bonds is 2. The molecule has 3 rings (SSSR count). The van der Waals surface area contributed by atoms with Gasteiger partial charge in [0.05, 0.1) is 0 Å². The molecule has 0 saturated carbocycles. The topological polar surface area (TPSA) is 27.6 Å². The quantitative estimate of drug-likeness (QED) is 0.400. The Kier molecular flexibility index (Phi) is 8.90. The van der Waals surface area contributed by atoms with Gasteiger partial charge in [-0.15, -0.1) is 0 Å². The molecule has 3 nitrogen and oxygen atoms in total. The van der Waals surface area contributed by atoms with Crippen molar-refractivity contribution >= 4 is 51.5 Å². The van der Waals surface area contributed by atoms with Gasteiger partial charge in [0.15, 0.2) is 10.3 Å². The van der Waals surface area contributed by atoms with Crippen molar-refractivity contribution in [3.63, 3.8) is 0 Å². The summed E-state index contributed by atoms with van der Waals surface area (Å²) in [6.07, 6.45) is 16.4. The predicted molar refractivity (Wildman–Crippen MR) is 128 cm³/mol. The Balaban J connectivity index is 1.66. The van der Waals surface area contributed by atoms with Gasteiger partial charge in [0, 0.05) is 28.7 Å². The minimum Gasteiger partial charge on any atom is -0.332 e. The van der Waals surface area contributed by atoms with E-state index in [1.165, 1.54) is 44.2 Å². The average molecular weight is 434 g/mol. The van der Waals surface area contributed by atoms with Crippen LogP contribution in [-0.2, 0) is 0 Å². The van der Waals surface area contributed by atoms with Crippen molar-refractivity contribution in [3.8, 4) is 0 Å². The van der Waals surface area contributed by atoms with Crippen LogP contribution >= 0.6 is 35.6 Å². The number of aliphatic imine (C=N–C) groups is 1. The molecule has 0 spiro atoms. The minimum atomic E-state index is 0.685. The van der Waals surface area contributed by atoms with Crippen molar-refractivity contribution in [2.45, 2.75) is 51.4 Å². The third-order valence-electron chi connectivity index (χ3n) is 4.76. The van der Waals surface area contributed by atoms with Crippen molar-refractivity contribution in [2.75, 3.05) is 17.6 Å². The first kappa shape index (κ1) is 21.4. The maximum atomic E-state index is 6.08. The second-order valence-electron chi connectivity index (χ2n) is 7.03. The van der Waals surface area contributed by atoms with Crippen molar-refractivity contribution in [3.05, 3.63) is 53.2 Å². The van der Waals surface area contributed by atoms with Gasteiger partial charge in [0.1, 0.15) is 0 Å². The second kappa shape index (κ2) is 11.6. The molecule has 1 aliphatic heterocycles. The fraction of sp³-hybridized carbons (Fsp3) is 0.455. The molecule has 1 heterocycles. The zero-order valence-corrected chi connectivity index (χ0v) is 18.6. The Morgan fingerprint density at radius 3 is 2.71 bits per heavy atom. The number of benzene rings is 1. The summed E-state index contributed by atoms with van der Waals surface area (Å²) >= 11 is 13.5. The van der Waals surface area contributed by atoms with Crippen LogP contribution in [0.15, 0.2) is 53.2 Å². The summed E-state index contributed by atoms with van der Waals surface area (Å²) in [7, 11) is 0. The molecule has 1 aromatic rings. The number of thioether (sulfide) groups is 1. The number of anilines is 1. The van der Waals surface area contributed by atoms with E-state index < -0.39 is 0 Å². The lowest BCUT2D eigenvalue weighted by Crippen LogP contribution is -2.35. The molecule has 0 aromatic heterocycles. The van der Waals surface area contributed by atoms with E-state index in [0.717, 1.165) is 36.0 Å². The molecule has 150 valence electrons. The van der Waals surface area contributed by atoms with Crippen LogP contribution in [0.5, 0.6) is 0 Å². The van der Waals surface area contributed by atoms with Crippen molar-refractivity contribution in [1.82, 2.24) is 4.90 Å². The van der Waals surface area contributed by atoms with Crippen molar-refractivity contribution in [2.24, 2.45) is 4.99 Å². The van der Waals surface area contributed by atoms with Gasteiger partial charge in [-0.3, -0.25) is 4.90 Å². The molecule has 1 aromatic carbocycles. The lowest BCUT2D eigenvalue weighted by atomic mass is 10.1. The Morgan fingerprint density at radius 2 is 1.89 bits per heavy atom. The number of hydrogen-bond acceptors (Lipinski definition) is 3. The van der Waals surface area contributed by atoms with Gasteiger partial charge in [0.25, 0.3) is 0 Å². The average Bonchev–Trinajstić information content (AvgIpc) is 3.12. The second-order valence-corrected chi connectivity index (χ2v) is 8.92. The van der Waals surface area contributed by atoms with Crippen LogP contribution in [0.1, 0.15) is 51.4 Å². The van der Waals surface area contributed by atoms with E-state index in [-0.39, 0.29) is 0 Å². The normalized spacial score (nSPS) is 23.4. The van der Waals surface area contributed by atoms with Crippen molar-refractivity contribution in [1.29, 1.82) is 0 Å².